The zero-order valence-electron chi connectivity index (χ0n) is 16.8. The number of methoxy groups -OCH3 is 1. The van der Waals surface area contributed by atoms with Gasteiger partial charge in [-0.2, -0.15) is 5.10 Å². The Kier molecular flexibility index (Phi) is 6.14. The number of hydrogen-bond acceptors (Lipinski definition) is 7. The van der Waals surface area contributed by atoms with Gasteiger partial charge in [-0.15, -0.1) is 0 Å². The van der Waals surface area contributed by atoms with Crippen LogP contribution >= 0.6 is 0 Å². The maximum atomic E-state index is 12.5. The maximum absolute atomic E-state index is 12.5. The van der Waals surface area contributed by atoms with Crippen LogP contribution in [0.25, 0.3) is 5.82 Å². The number of nitrogens with one attached hydrogen (secondary N) is 2. The summed E-state index contributed by atoms with van der Waals surface area (Å²) in [5.74, 6) is 2.14. The summed E-state index contributed by atoms with van der Waals surface area (Å²) in [6, 6.07) is 10.2. The second kappa shape index (κ2) is 8.58. The van der Waals surface area contributed by atoms with Crippen LogP contribution in [0.2, 0.25) is 0 Å². The van der Waals surface area contributed by atoms with Crippen LogP contribution < -0.4 is 14.8 Å². The van der Waals surface area contributed by atoms with E-state index in [0.717, 1.165) is 11.4 Å². The third-order valence-corrected chi connectivity index (χ3v) is 5.63. The van der Waals surface area contributed by atoms with Crippen LogP contribution in [0.15, 0.2) is 41.3 Å². The zero-order valence-corrected chi connectivity index (χ0v) is 17.6. The molecule has 3 aromatic rings. The van der Waals surface area contributed by atoms with Gasteiger partial charge in [-0.1, -0.05) is 12.1 Å². The van der Waals surface area contributed by atoms with Crippen molar-refractivity contribution in [2.24, 2.45) is 0 Å². The smallest absolute Gasteiger partial charge is 0.244 e. The molecule has 0 amide bonds. The highest BCUT2D eigenvalue weighted by Crippen LogP contribution is 2.22. The lowest BCUT2D eigenvalue weighted by atomic mass is 10.3. The molecule has 0 aliphatic rings. The van der Waals surface area contributed by atoms with Gasteiger partial charge in [0.15, 0.2) is 5.82 Å². The number of hydrogen-bond donors (Lipinski definition) is 2. The Morgan fingerprint density at radius 2 is 1.83 bits per heavy atom. The van der Waals surface area contributed by atoms with Crippen molar-refractivity contribution in [3.63, 3.8) is 0 Å². The van der Waals surface area contributed by atoms with Gasteiger partial charge in [0.25, 0.3) is 0 Å². The van der Waals surface area contributed by atoms with Gasteiger partial charge in [-0.3, -0.25) is 0 Å². The molecule has 0 aliphatic heterocycles. The van der Waals surface area contributed by atoms with Crippen LogP contribution in [0.4, 0.5) is 5.82 Å². The second-order valence-electron chi connectivity index (χ2n) is 6.47. The number of nitrogens with zero attached hydrogens (tertiary/aromatic N) is 4. The van der Waals surface area contributed by atoms with Crippen molar-refractivity contribution in [1.29, 1.82) is 0 Å². The van der Waals surface area contributed by atoms with Crippen LogP contribution in [0.1, 0.15) is 17.2 Å². The summed E-state index contributed by atoms with van der Waals surface area (Å²) in [5.41, 5.74) is 1.87. The first-order valence-electron chi connectivity index (χ1n) is 9.06. The highest BCUT2D eigenvalue weighted by atomic mass is 32.2. The summed E-state index contributed by atoms with van der Waals surface area (Å²) in [5, 5.41) is 7.56. The molecule has 2 N–H and O–H groups in total. The fraction of sp³-hybridized carbons (Fsp3) is 0.316. The lowest BCUT2D eigenvalue weighted by Crippen LogP contribution is -2.29. The largest absolute Gasteiger partial charge is 0.495 e. The minimum absolute atomic E-state index is 0.104. The minimum atomic E-state index is -3.68. The van der Waals surface area contributed by atoms with Crippen molar-refractivity contribution >= 4 is 15.8 Å². The number of para-hydroxylation sites is 1. The first kappa shape index (κ1) is 20.7. The molecule has 0 aliphatic carbocycles. The van der Waals surface area contributed by atoms with Crippen molar-refractivity contribution in [1.82, 2.24) is 24.5 Å². The average Bonchev–Trinajstić information content (AvgIpc) is 3.03. The number of aromatic nitrogens is 4. The van der Waals surface area contributed by atoms with Crippen LogP contribution in [0, 0.1) is 20.8 Å². The Morgan fingerprint density at radius 1 is 1.07 bits per heavy atom. The van der Waals surface area contributed by atoms with E-state index in [-0.39, 0.29) is 11.4 Å². The molecular weight excluding hydrogens is 392 g/mol. The summed E-state index contributed by atoms with van der Waals surface area (Å²) in [6.45, 7) is 6.20. The molecule has 2 heterocycles. The third-order valence-electron chi connectivity index (χ3n) is 4.13. The first-order valence-corrected chi connectivity index (χ1v) is 10.5. The number of ether oxygens (including phenoxy) is 1. The maximum Gasteiger partial charge on any atom is 0.244 e. The van der Waals surface area contributed by atoms with Crippen molar-refractivity contribution < 1.29 is 13.2 Å². The van der Waals surface area contributed by atoms with Crippen LogP contribution in [0.3, 0.4) is 0 Å². The fourth-order valence-corrected chi connectivity index (χ4v) is 4.11. The summed E-state index contributed by atoms with van der Waals surface area (Å²) in [4.78, 5) is 8.89. The van der Waals surface area contributed by atoms with Gasteiger partial charge < -0.3 is 10.1 Å². The number of anilines is 1. The molecule has 0 fully saturated rings. The lowest BCUT2D eigenvalue weighted by molar-refractivity contribution is 0.402. The molecule has 0 unspecified atom stereocenters. The van der Waals surface area contributed by atoms with Crippen molar-refractivity contribution in [2.75, 3.05) is 25.5 Å². The van der Waals surface area contributed by atoms with E-state index < -0.39 is 10.0 Å². The molecule has 0 saturated carbocycles. The molecule has 1 aromatic carbocycles. The van der Waals surface area contributed by atoms with E-state index in [4.69, 9.17) is 4.74 Å². The highest BCUT2D eigenvalue weighted by Gasteiger charge is 2.18. The molecule has 0 atom stereocenters. The van der Waals surface area contributed by atoms with Crippen molar-refractivity contribution in [3.05, 3.63) is 53.6 Å². The Bertz CT molecular complexity index is 1110. The molecule has 2 aromatic heterocycles. The summed E-state index contributed by atoms with van der Waals surface area (Å²) in [6.07, 6.45) is 0. The van der Waals surface area contributed by atoms with Crippen LogP contribution in [0.5, 0.6) is 5.75 Å². The number of aryl methyl sites for hydroxylation is 3. The quantitative estimate of drug-likeness (QED) is 0.540. The Hall–Kier alpha value is -2.98. The number of benzene rings is 1. The van der Waals surface area contributed by atoms with E-state index in [1.165, 1.54) is 13.2 Å². The molecule has 0 spiro atoms. The van der Waals surface area contributed by atoms with E-state index in [9.17, 15) is 8.42 Å². The van der Waals surface area contributed by atoms with Gasteiger partial charge in [0, 0.05) is 24.8 Å². The van der Waals surface area contributed by atoms with E-state index in [0.29, 0.717) is 29.8 Å². The highest BCUT2D eigenvalue weighted by molar-refractivity contribution is 7.89. The summed E-state index contributed by atoms with van der Waals surface area (Å²) in [7, 11) is -2.24. The molecule has 0 saturated heterocycles. The monoisotopic (exact) mass is 416 g/mol. The van der Waals surface area contributed by atoms with Gasteiger partial charge in [-0.25, -0.2) is 27.8 Å². The Labute approximate surface area is 170 Å². The third kappa shape index (κ3) is 4.90. The lowest BCUT2D eigenvalue weighted by Gasteiger charge is -2.12. The summed E-state index contributed by atoms with van der Waals surface area (Å²) >= 11 is 0. The first-order chi connectivity index (χ1) is 13.8. The van der Waals surface area contributed by atoms with Crippen LogP contribution in [-0.2, 0) is 10.0 Å². The van der Waals surface area contributed by atoms with E-state index in [2.05, 4.69) is 25.1 Å². The molecule has 0 bridgehead atoms. The van der Waals surface area contributed by atoms with E-state index in [1.54, 1.807) is 35.9 Å². The molecule has 154 valence electrons. The molecule has 29 heavy (non-hydrogen) atoms. The summed E-state index contributed by atoms with van der Waals surface area (Å²) < 4.78 is 34.4. The molecular formula is C19H24N6O3S. The second-order valence-corrected chi connectivity index (χ2v) is 8.21. The SMILES string of the molecule is COc1ccccc1S(=O)(=O)NCCNc1cc(-n2nc(C)cc2C)nc(C)n1. The van der Waals surface area contributed by atoms with E-state index >= 15 is 0 Å². The van der Waals surface area contributed by atoms with Crippen molar-refractivity contribution in [3.8, 4) is 11.6 Å². The average molecular weight is 417 g/mol. The number of rotatable bonds is 8. The molecule has 9 nitrogen and oxygen atoms in total. The predicted octanol–water partition coefficient (Wildman–Crippen LogP) is 1.99. The van der Waals surface area contributed by atoms with E-state index in [1.807, 2.05) is 19.9 Å². The normalized spacial score (nSPS) is 11.4. The van der Waals surface area contributed by atoms with Gasteiger partial charge in [-0.05, 0) is 39.0 Å². The topological polar surface area (TPSA) is 111 Å². The Morgan fingerprint density at radius 3 is 2.52 bits per heavy atom. The zero-order chi connectivity index (χ0) is 21.0. The van der Waals surface area contributed by atoms with Gasteiger partial charge in [0.05, 0.1) is 12.8 Å². The molecule has 0 radical (unpaired) electrons. The van der Waals surface area contributed by atoms with Gasteiger partial charge in [0.2, 0.25) is 10.0 Å². The standard InChI is InChI=1S/C19H24N6O3S/c1-13-11-14(2)25(24-13)19-12-18(22-15(3)23-19)20-9-10-21-29(26,27)17-8-6-5-7-16(17)28-4/h5-8,11-12,21H,9-10H2,1-4H3,(H,20,22,23). The van der Waals surface area contributed by atoms with Gasteiger partial charge >= 0.3 is 0 Å². The van der Waals surface area contributed by atoms with Crippen LogP contribution in [-0.4, -0.2) is 48.4 Å². The Balaban J connectivity index is 1.66. The predicted molar refractivity (Wildman–Crippen MR) is 110 cm³/mol. The number of sulfonamides is 1. The minimum Gasteiger partial charge on any atom is -0.495 e. The van der Waals surface area contributed by atoms with Gasteiger partial charge in [0.1, 0.15) is 22.3 Å². The van der Waals surface area contributed by atoms with Crippen molar-refractivity contribution in [2.45, 2.75) is 25.7 Å². The fourth-order valence-electron chi connectivity index (χ4n) is 2.91. The molecule has 10 heteroatoms. The molecule has 3 rings (SSSR count).